The van der Waals surface area contributed by atoms with E-state index in [1.165, 1.54) is 37.2 Å². The molecule has 0 aromatic heterocycles. The largest absolute Gasteiger partial charge is 0.446 e. The number of sulfonamides is 1. The van der Waals surface area contributed by atoms with Crippen LogP contribution in [0.5, 0.6) is 0 Å². The quantitative estimate of drug-likeness (QED) is 0.662. The van der Waals surface area contributed by atoms with E-state index in [-0.39, 0.29) is 14.9 Å². The van der Waals surface area contributed by atoms with Crippen molar-refractivity contribution in [1.82, 2.24) is 9.62 Å². The molecule has 1 N–H and O–H groups in total. The van der Waals surface area contributed by atoms with E-state index in [1.54, 1.807) is 30.3 Å². The first kappa shape index (κ1) is 22.2. The Morgan fingerprint density at radius 3 is 2.29 bits per heavy atom. The summed E-state index contributed by atoms with van der Waals surface area (Å²) in [6, 6.07) is 12.2. The van der Waals surface area contributed by atoms with E-state index in [1.807, 2.05) is 0 Å². The highest BCUT2D eigenvalue weighted by molar-refractivity contribution is 7.89. The highest BCUT2D eigenvalue weighted by atomic mass is 35.5. The SMILES string of the molecule is CN(C)C(=O)C(OC(=O)CNS(=O)(=O)c1ccc(Cl)c(Cl)c1)c1ccccc1. The second-order valence-corrected chi connectivity index (χ2v) is 8.50. The van der Waals surface area contributed by atoms with Crippen LogP contribution < -0.4 is 4.72 Å². The number of esters is 1. The number of carbonyl (C=O) groups is 2. The van der Waals surface area contributed by atoms with Crippen LogP contribution in [-0.4, -0.2) is 45.8 Å². The van der Waals surface area contributed by atoms with Gasteiger partial charge in [-0.05, 0) is 18.2 Å². The number of amides is 1. The summed E-state index contributed by atoms with van der Waals surface area (Å²) in [5.41, 5.74) is 0.474. The third-order valence-electron chi connectivity index (χ3n) is 3.62. The normalized spacial score (nSPS) is 12.3. The molecule has 2 rings (SSSR count). The highest BCUT2D eigenvalue weighted by Gasteiger charge is 2.27. The molecule has 0 fully saturated rings. The van der Waals surface area contributed by atoms with Crippen molar-refractivity contribution in [3.63, 3.8) is 0 Å². The maximum atomic E-state index is 12.4. The standard InChI is InChI=1S/C18H18Cl2N2O5S/c1-22(2)18(24)17(12-6-4-3-5-7-12)27-16(23)11-21-28(25,26)13-8-9-14(19)15(20)10-13/h3-10,17,21H,11H2,1-2H3. The zero-order valence-electron chi connectivity index (χ0n) is 15.1. The Morgan fingerprint density at radius 2 is 1.71 bits per heavy atom. The van der Waals surface area contributed by atoms with Gasteiger partial charge >= 0.3 is 5.97 Å². The van der Waals surface area contributed by atoms with E-state index in [2.05, 4.69) is 4.72 Å². The van der Waals surface area contributed by atoms with Gasteiger partial charge < -0.3 is 9.64 Å². The zero-order valence-corrected chi connectivity index (χ0v) is 17.4. The number of nitrogens with one attached hydrogen (secondary N) is 1. The molecule has 0 heterocycles. The van der Waals surface area contributed by atoms with E-state index in [4.69, 9.17) is 27.9 Å². The van der Waals surface area contributed by atoms with Crippen LogP contribution in [0.2, 0.25) is 10.0 Å². The number of likely N-dealkylation sites (N-methyl/N-ethyl adjacent to an activating group) is 1. The predicted octanol–water partition coefficient (Wildman–Crippen LogP) is 2.64. The van der Waals surface area contributed by atoms with Crippen LogP contribution in [0.4, 0.5) is 0 Å². The first-order chi connectivity index (χ1) is 13.1. The number of halogens is 2. The molecule has 10 heteroatoms. The smallest absolute Gasteiger partial charge is 0.322 e. The maximum absolute atomic E-state index is 12.4. The van der Waals surface area contributed by atoms with Crippen LogP contribution in [-0.2, 0) is 24.3 Å². The Balaban J connectivity index is 2.10. The minimum absolute atomic E-state index is 0.0628. The fraction of sp³-hybridized carbons (Fsp3) is 0.222. The van der Waals surface area contributed by atoms with Crippen molar-refractivity contribution < 1.29 is 22.7 Å². The molecular weight excluding hydrogens is 427 g/mol. The van der Waals surface area contributed by atoms with Crippen LogP contribution in [0.25, 0.3) is 0 Å². The van der Waals surface area contributed by atoms with E-state index in [0.717, 1.165) is 0 Å². The van der Waals surface area contributed by atoms with Crippen molar-refractivity contribution in [1.29, 1.82) is 0 Å². The van der Waals surface area contributed by atoms with Crippen LogP contribution >= 0.6 is 23.2 Å². The molecule has 0 saturated carbocycles. The fourth-order valence-corrected chi connectivity index (χ4v) is 3.54. The Kier molecular flexibility index (Phi) is 7.42. The lowest BCUT2D eigenvalue weighted by Gasteiger charge is -2.21. The summed E-state index contributed by atoms with van der Waals surface area (Å²) < 4.78 is 32.0. The van der Waals surface area contributed by atoms with Crippen LogP contribution in [0.1, 0.15) is 11.7 Å². The highest BCUT2D eigenvalue weighted by Crippen LogP contribution is 2.25. The topological polar surface area (TPSA) is 92.8 Å². The average molecular weight is 445 g/mol. The zero-order chi connectivity index (χ0) is 20.9. The van der Waals surface area contributed by atoms with Gasteiger partial charge in [-0.3, -0.25) is 9.59 Å². The Morgan fingerprint density at radius 1 is 1.07 bits per heavy atom. The Labute approximate surface area is 173 Å². The lowest BCUT2D eigenvalue weighted by molar-refractivity contribution is -0.158. The van der Waals surface area contributed by atoms with Gasteiger partial charge in [0, 0.05) is 19.7 Å². The summed E-state index contributed by atoms with van der Waals surface area (Å²) in [7, 11) is -0.967. The lowest BCUT2D eigenvalue weighted by atomic mass is 10.1. The molecule has 0 saturated heterocycles. The Hall–Kier alpha value is -2.13. The fourth-order valence-electron chi connectivity index (χ4n) is 2.18. The van der Waals surface area contributed by atoms with Gasteiger partial charge in [0.25, 0.3) is 5.91 Å². The molecule has 1 unspecified atom stereocenters. The summed E-state index contributed by atoms with van der Waals surface area (Å²) in [6.07, 6.45) is -1.18. The van der Waals surface area contributed by atoms with Gasteiger partial charge in [-0.1, -0.05) is 53.5 Å². The van der Waals surface area contributed by atoms with Crippen molar-refractivity contribution in [2.24, 2.45) is 0 Å². The number of hydrogen-bond donors (Lipinski definition) is 1. The summed E-state index contributed by atoms with van der Waals surface area (Å²) >= 11 is 11.6. The Bertz CT molecular complexity index is 965. The third kappa shape index (κ3) is 5.68. The van der Waals surface area contributed by atoms with Gasteiger partial charge in [-0.2, -0.15) is 4.72 Å². The molecule has 1 atom stereocenters. The van der Waals surface area contributed by atoms with Crippen molar-refractivity contribution in [2.75, 3.05) is 20.6 Å². The molecule has 0 aliphatic carbocycles. The second kappa shape index (κ2) is 9.38. The molecule has 2 aromatic rings. The molecule has 0 aliphatic rings. The first-order valence-electron chi connectivity index (χ1n) is 8.02. The second-order valence-electron chi connectivity index (χ2n) is 5.91. The number of ether oxygens (including phenoxy) is 1. The van der Waals surface area contributed by atoms with Gasteiger partial charge in [-0.15, -0.1) is 0 Å². The first-order valence-corrected chi connectivity index (χ1v) is 10.3. The maximum Gasteiger partial charge on any atom is 0.322 e. The van der Waals surface area contributed by atoms with Crippen molar-refractivity contribution in [3.05, 3.63) is 64.1 Å². The molecule has 1 amide bonds. The minimum Gasteiger partial charge on any atom is -0.446 e. The molecule has 0 radical (unpaired) electrons. The van der Waals surface area contributed by atoms with Crippen LogP contribution in [0.15, 0.2) is 53.4 Å². The number of rotatable bonds is 7. The summed E-state index contributed by atoms with van der Waals surface area (Å²) in [5, 5.41) is 0.265. The van der Waals surface area contributed by atoms with Gasteiger partial charge in [-0.25, -0.2) is 8.42 Å². The average Bonchev–Trinajstić information content (AvgIpc) is 2.66. The molecule has 150 valence electrons. The van der Waals surface area contributed by atoms with Crippen molar-refractivity contribution in [3.8, 4) is 0 Å². The van der Waals surface area contributed by atoms with Gasteiger partial charge in [0.15, 0.2) is 0 Å². The molecular formula is C18H18Cl2N2O5S. The molecule has 2 aromatic carbocycles. The number of benzene rings is 2. The molecule has 28 heavy (non-hydrogen) atoms. The van der Waals surface area contributed by atoms with E-state index in [0.29, 0.717) is 5.56 Å². The monoisotopic (exact) mass is 444 g/mol. The number of carbonyl (C=O) groups excluding carboxylic acids is 2. The number of nitrogens with zero attached hydrogens (tertiary/aromatic N) is 1. The van der Waals surface area contributed by atoms with Gasteiger partial charge in [0.1, 0.15) is 6.54 Å². The minimum atomic E-state index is -4.02. The van der Waals surface area contributed by atoms with E-state index in [9.17, 15) is 18.0 Å². The predicted molar refractivity (Wildman–Crippen MR) is 106 cm³/mol. The molecule has 0 spiro atoms. The van der Waals surface area contributed by atoms with E-state index >= 15 is 0 Å². The molecule has 0 aliphatic heterocycles. The van der Waals surface area contributed by atoms with E-state index < -0.39 is 34.5 Å². The molecule has 0 bridgehead atoms. The molecule has 7 nitrogen and oxygen atoms in total. The third-order valence-corrected chi connectivity index (χ3v) is 5.76. The lowest BCUT2D eigenvalue weighted by Crippen LogP contribution is -2.35. The van der Waals surface area contributed by atoms with Gasteiger partial charge in [0.2, 0.25) is 16.1 Å². The van der Waals surface area contributed by atoms with Crippen molar-refractivity contribution in [2.45, 2.75) is 11.0 Å². The van der Waals surface area contributed by atoms with Crippen molar-refractivity contribution >= 4 is 45.1 Å². The number of hydrogen-bond acceptors (Lipinski definition) is 5. The van der Waals surface area contributed by atoms with Crippen LogP contribution in [0.3, 0.4) is 0 Å². The summed E-state index contributed by atoms with van der Waals surface area (Å²) in [6.45, 7) is -0.660. The van der Waals surface area contributed by atoms with Crippen LogP contribution in [0, 0.1) is 0 Å². The summed E-state index contributed by atoms with van der Waals surface area (Å²) in [5.74, 6) is -1.36. The summed E-state index contributed by atoms with van der Waals surface area (Å²) in [4.78, 5) is 25.7. The van der Waals surface area contributed by atoms with Gasteiger partial charge in [0.05, 0.1) is 14.9 Å².